The van der Waals surface area contributed by atoms with Gasteiger partial charge in [0.05, 0.1) is 31.9 Å². The summed E-state index contributed by atoms with van der Waals surface area (Å²) in [6, 6.07) is 8.10. The van der Waals surface area contributed by atoms with E-state index in [1.54, 1.807) is 12.1 Å². The normalized spacial score (nSPS) is 19.6. The van der Waals surface area contributed by atoms with Crippen molar-refractivity contribution < 1.29 is 9.47 Å². The van der Waals surface area contributed by atoms with Crippen molar-refractivity contribution in [3.05, 3.63) is 34.3 Å². The number of ether oxygens (including phenoxy) is 2. The number of hydrogen-bond donors (Lipinski definition) is 2. The summed E-state index contributed by atoms with van der Waals surface area (Å²) in [5.74, 6) is 6.91. The molecule has 7 heteroatoms. The highest BCUT2D eigenvalue weighted by molar-refractivity contribution is 9.10. The maximum Gasteiger partial charge on any atom is 0.130 e. The van der Waals surface area contributed by atoms with Crippen LogP contribution in [-0.4, -0.2) is 56.4 Å². The lowest BCUT2D eigenvalue weighted by Gasteiger charge is -2.26. The summed E-state index contributed by atoms with van der Waals surface area (Å²) in [5, 5.41) is 1.63. The van der Waals surface area contributed by atoms with E-state index < -0.39 is 0 Å². The Hall–Kier alpha value is -0.990. The molecule has 27 heavy (non-hydrogen) atoms. The number of halogens is 1. The second-order valence-electron chi connectivity index (χ2n) is 6.93. The van der Waals surface area contributed by atoms with Gasteiger partial charge in [-0.3, -0.25) is 10.0 Å². The van der Waals surface area contributed by atoms with Crippen LogP contribution in [0.5, 0.6) is 0 Å². The van der Waals surface area contributed by atoms with Gasteiger partial charge in [-0.25, -0.2) is 5.84 Å². The van der Waals surface area contributed by atoms with Gasteiger partial charge < -0.3 is 15.2 Å². The van der Waals surface area contributed by atoms with Crippen LogP contribution in [0.3, 0.4) is 0 Å². The van der Waals surface area contributed by atoms with Gasteiger partial charge in [-0.2, -0.15) is 0 Å². The topological polar surface area (TPSA) is 86.1 Å². The predicted molar refractivity (Wildman–Crippen MR) is 114 cm³/mol. The summed E-state index contributed by atoms with van der Waals surface area (Å²) in [5.41, 5.74) is 7.64. The van der Waals surface area contributed by atoms with E-state index in [0.717, 1.165) is 55.4 Å². The van der Waals surface area contributed by atoms with Crippen molar-refractivity contribution in [1.29, 1.82) is 0 Å². The first-order chi connectivity index (χ1) is 13.1. The molecule has 4 N–H and O–H groups in total. The highest BCUT2D eigenvalue weighted by Gasteiger charge is 2.17. The molecule has 1 aromatic rings. The van der Waals surface area contributed by atoms with E-state index in [2.05, 4.69) is 39.1 Å². The van der Waals surface area contributed by atoms with E-state index in [0.29, 0.717) is 19.8 Å². The number of benzene rings is 1. The number of aryl methyl sites for hydroxylation is 1. The molecule has 0 radical (unpaired) electrons. The van der Waals surface area contributed by atoms with Gasteiger partial charge in [0.25, 0.3) is 0 Å². The lowest BCUT2D eigenvalue weighted by molar-refractivity contribution is -0.0107. The van der Waals surface area contributed by atoms with Crippen LogP contribution in [0.4, 0.5) is 0 Å². The molecule has 2 atom stereocenters. The van der Waals surface area contributed by atoms with Crippen molar-refractivity contribution in [2.75, 3.05) is 33.4 Å². The lowest BCUT2D eigenvalue weighted by atomic mass is 10.0. The molecule has 0 spiro atoms. The lowest BCUT2D eigenvalue weighted by Crippen LogP contribution is -2.49. The minimum atomic E-state index is -0.177. The Balaban J connectivity index is 1.71. The van der Waals surface area contributed by atoms with Crippen LogP contribution in [0.25, 0.3) is 0 Å². The Morgan fingerprint density at radius 3 is 3.00 bits per heavy atom. The van der Waals surface area contributed by atoms with Crippen LogP contribution < -0.4 is 11.6 Å². The molecule has 0 bridgehead atoms. The maximum absolute atomic E-state index is 6.34. The van der Waals surface area contributed by atoms with Crippen LogP contribution in [0, 0.1) is 0 Å². The number of amidine groups is 1. The molecule has 1 aliphatic heterocycles. The van der Waals surface area contributed by atoms with Crippen LogP contribution in [0.1, 0.15) is 37.7 Å². The van der Waals surface area contributed by atoms with Gasteiger partial charge in [0.2, 0.25) is 0 Å². The van der Waals surface area contributed by atoms with Crippen molar-refractivity contribution in [2.24, 2.45) is 16.6 Å². The highest BCUT2D eigenvalue weighted by Crippen LogP contribution is 2.18. The zero-order valence-corrected chi connectivity index (χ0v) is 17.9. The van der Waals surface area contributed by atoms with Crippen molar-refractivity contribution in [2.45, 2.75) is 50.7 Å². The second kappa shape index (κ2) is 12.5. The van der Waals surface area contributed by atoms with Crippen LogP contribution in [-0.2, 0) is 15.9 Å². The fourth-order valence-electron chi connectivity index (χ4n) is 3.29. The highest BCUT2D eigenvalue weighted by atomic mass is 79.9. The molecule has 6 nitrogen and oxygen atoms in total. The average molecular weight is 441 g/mol. The molecule has 1 heterocycles. The Labute approximate surface area is 171 Å². The molecular weight excluding hydrogens is 408 g/mol. The van der Waals surface area contributed by atoms with Gasteiger partial charge in [-0.1, -0.05) is 34.1 Å². The predicted octanol–water partition coefficient (Wildman–Crippen LogP) is 2.89. The fraction of sp³-hybridized carbons (Fsp3) is 0.650. The van der Waals surface area contributed by atoms with Crippen LogP contribution in [0.2, 0.25) is 0 Å². The maximum atomic E-state index is 6.34. The number of hydrazine groups is 1. The summed E-state index contributed by atoms with van der Waals surface area (Å²) in [6.07, 6.45) is 6.27. The molecule has 152 valence electrons. The van der Waals surface area contributed by atoms with E-state index in [1.165, 1.54) is 5.56 Å². The third-order valence-corrected chi connectivity index (χ3v) is 5.60. The van der Waals surface area contributed by atoms with Crippen LogP contribution in [0.15, 0.2) is 33.7 Å². The number of nitrogens with zero attached hydrogens (tertiary/aromatic N) is 2. The van der Waals surface area contributed by atoms with E-state index in [9.17, 15) is 0 Å². The quantitative estimate of drug-likeness (QED) is 0.266. The third-order valence-electron chi connectivity index (χ3n) is 4.83. The second-order valence-corrected chi connectivity index (χ2v) is 7.78. The summed E-state index contributed by atoms with van der Waals surface area (Å²) in [7, 11) is 1.74. The molecule has 1 fully saturated rings. The van der Waals surface area contributed by atoms with Gasteiger partial charge in [0, 0.05) is 18.1 Å². The van der Waals surface area contributed by atoms with Crippen molar-refractivity contribution in [1.82, 2.24) is 5.01 Å². The van der Waals surface area contributed by atoms with Crippen molar-refractivity contribution in [3.8, 4) is 0 Å². The first kappa shape index (κ1) is 22.3. The van der Waals surface area contributed by atoms with Gasteiger partial charge in [-0.05, 0) is 50.2 Å². The SMILES string of the molecule is CN=C(C(N)CCCc1ccccc1Br)N(N)CCOC1CCCCOC1. The molecule has 2 unspecified atom stereocenters. The molecule has 1 saturated heterocycles. The van der Waals surface area contributed by atoms with Crippen LogP contribution >= 0.6 is 15.9 Å². The summed E-state index contributed by atoms with van der Waals surface area (Å²) >= 11 is 3.59. The van der Waals surface area contributed by atoms with Gasteiger partial charge >= 0.3 is 0 Å². The molecule has 0 aliphatic carbocycles. The molecule has 0 aromatic heterocycles. The Morgan fingerprint density at radius 2 is 2.22 bits per heavy atom. The van der Waals surface area contributed by atoms with Crippen molar-refractivity contribution >= 4 is 21.8 Å². The number of aliphatic imine (C=N–C) groups is 1. The van der Waals surface area contributed by atoms with E-state index in [-0.39, 0.29) is 12.1 Å². The fourth-order valence-corrected chi connectivity index (χ4v) is 3.77. The summed E-state index contributed by atoms with van der Waals surface area (Å²) in [6.45, 7) is 2.63. The minimum absolute atomic E-state index is 0.168. The molecule has 0 amide bonds. The molecule has 0 saturated carbocycles. The largest absolute Gasteiger partial charge is 0.379 e. The smallest absolute Gasteiger partial charge is 0.130 e. The standard InChI is InChI=1S/C20H33BrN4O2/c1-24-20(19(22)11-6-8-16-7-2-3-10-18(16)21)25(23)12-14-27-17-9-4-5-13-26-15-17/h2-3,7,10,17,19H,4-6,8-9,11-15,22-23H2,1H3. The zero-order chi connectivity index (χ0) is 19.5. The van der Waals surface area contributed by atoms with Gasteiger partial charge in [-0.15, -0.1) is 0 Å². The Morgan fingerprint density at radius 1 is 1.41 bits per heavy atom. The van der Waals surface area contributed by atoms with E-state index in [4.69, 9.17) is 21.1 Å². The van der Waals surface area contributed by atoms with E-state index >= 15 is 0 Å². The third kappa shape index (κ3) is 7.87. The number of hydrogen-bond acceptors (Lipinski definition) is 5. The van der Waals surface area contributed by atoms with Crippen molar-refractivity contribution in [3.63, 3.8) is 0 Å². The summed E-state index contributed by atoms with van der Waals surface area (Å²) < 4.78 is 12.6. The monoisotopic (exact) mass is 440 g/mol. The molecule has 2 rings (SSSR count). The molecular formula is C20H33BrN4O2. The van der Waals surface area contributed by atoms with Gasteiger partial charge in [0.1, 0.15) is 5.84 Å². The van der Waals surface area contributed by atoms with Gasteiger partial charge in [0.15, 0.2) is 0 Å². The first-order valence-corrected chi connectivity index (χ1v) is 10.6. The Bertz CT molecular complexity index is 577. The van der Waals surface area contributed by atoms with E-state index in [1.807, 2.05) is 6.07 Å². The average Bonchev–Trinajstić information content (AvgIpc) is 2.93. The molecule has 1 aliphatic rings. The summed E-state index contributed by atoms with van der Waals surface area (Å²) in [4.78, 5) is 4.31. The number of rotatable bonds is 9. The zero-order valence-electron chi connectivity index (χ0n) is 16.3. The number of nitrogens with two attached hydrogens (primary N) is 2. The Kier molecular flexibility index (Phi) is 10.3. The molecule has 1 aromatic carbocycles. The first-order valence-electron chi connectivity index (χ1n) is 9.79. The minimum Gasteiger partial charge on any atom is -0.379 e.